The van der Waals surface area contributed by atoms with Gasteiger partial charge in [-0.05, 0) is 0 Å². The maximum absolute atomic E-state index is 4.75. The number of hydrogen-bond acceptors (Lipinski definition) is 4. The van der Waals surface area contributed by atoms with Crippen LogP contribution in [0.25, 0.3) is 0 Å². The zero-order valence-corrected chi connectivity index (χ0v) is 6.35. The molecule has 0 bridgehead atoms. The molecule has 7 heavy (non-hydrogen) atoms. The van der Waals surface area contributed by atoms with Gasteiger partial charge in [0.15, 0.2) is 0 Å². The Kier molecular flexibility index (Phi) is 1.91. The second-order valence-corrected chi connectivity index (χ2v) is 3.94. The lowest BCUT2D eigenvalue weighted by Crippen LogP contribution is -1.96. The van der Waals surface area contributed by atoms with Gasteiger partial charge in [0.05, 0.1) is 4.20 Å². The third-order valence-corrected chi connectivity index (χ3v) is 3.12. The molecule has 1 rings (SSSR count). The van der Waals surface area contributed by atoms with Crippen molar-refractivity contribution in [2.45, 2.75) is 0 Å². The van der Waals surface area contributed by atoms with Crippen LogP contribution in [0.15, 0.2) is 3.77 Å². The summed E-state index contributed by atoms with van der Waals surface area (Å²) in [5.74, 6) is 0. The summed E-state index contributed by atoms with van der Waals surface area (Å²) in [7, 11) is 0. The Morgan fingerprint density at radius 1 is 1.71 bits per heavy atom. The molecule has 1 aliphatic rings. The van der Waals surface area contributed by atoms with Crippen LogP contribution < -0.4 is 0 Å². The maximum atomic E-state index is 4.75. The lowest BCUT2D eigenvalue weighted by molar-refractivity contribution is 2.14. The Balaban J connectivity index is 2.90. The van der Waals surface area contributed by atoms with Gasteiger partial charge in [-0.25, -0.2) is 0 Å². The van der Waals surface area contributed by atoms with Crippen LogP contribution in [-0.2, 0) is 23.8 Å². The van der Waals surface area contributed by atoms with E-state index in [0.717, 1.165) is 8.39 Å². The molecule has 0 saturated carbocycles. The summed E-state index contributed by atoms with van der Waals surface area (Å²) in [6, 6.07) is 0. The van der Waals surface area contributed by atoms with Crippen molar-refractivity contribution in [2.75, 3.05) is 0 Å². The van der Waals surface area contributed by atoms with Crippen LogP contribution in [0.1, 0.15) is 0 Å². The Morgan fingerprint density at radius 2 is 2.43 bits per heavy atom. The summed E-state index contributed by atoms with van der Waals surface area (Å²) < 4.78 is 5.27. The van der Waals surface area contributed by atoms with Crippen molar-refractivity contribution in [3.05, 3.63) is 0 Å². The zero-order valence-electron chi connectivity index (χ0n) is 3.08. The quantitative estimate of drug-likeness (QED) is 0.302. The molecule has 1 nitrogen and oxygen atoms in total. The lowest BCUT2D eigenvalue weighted by Gasteiger charge is -1.97. The molecule has 1 aliphatic heterocycles. The van der Waals surface area contributed by atoms with E-state index in [-0.39, 0.29) is 0 Å². The monoisotopic (exact) mass is 166 g/mol. The van der Waals surface area contributed by atoms with Crippen LogP contribution in [0, 0.1) is 0 Å². The highest BCUT2D eigenvalue weighted by Gasteiger charge is 1.95. The van der Waals surface area contributed by atoms with Crippen molar-refractivity contribution in [1.82, 2.24) is 0 Å². The van der Waals surface area contributed by atoms with Crippen molar-refractivity contribution < 1.29 is 0 Å². The van der Waals surface area contributed by atoms with Gasteiger partial charge in [0.1, 0.15) is 0 Å². The van der Waals surface area contributed by atoms with E-state index >= 15 is 0 Å². The molecule has 0 radical (unpaired) electrons. The number of nitrogens with zero attached hydrogens (tertiary/aromatic N) is 1. The molecule has 0 spiro atoms. The Hall–Kier alpha value is 0.680. The summed E-state index contributed by atoms with van der Waals surface area (Å²) >= 11 is 12.1. The van der Waals surface area contributed by atoms with Crippen LogP contribution in [-0.4, -0.2) is 8.39 Å². The van der Waals surface area contributed by atoms with Gasteiger partial charge in [-0.1, -0.05) is 27.6 Å². The van der Waals surface area contributed by atoms with Crippen LogP contribution in [0.4, 0.5) is 0 Å². The summed E-state index contributed by atoms with van der Waals surface area (Å²) in [6.07, 6.45) is 0. The van der Waals surface area contributed by atoms with Gasteiger partial charge in [0, 0.05) is 11.9 Å². The van der Waals surface area contributed by atoms with Gasteiger partial charge < -0.3 is 12.6 Å². The molecular formula is C2NS4-. The van der Waals surface area contributed by atoms with Gasteiger partial charge in [-0.2, -0.15) is 3.77 Å². The molecule has 0 aromatic heterocycles. The first-order valence-electron chi connectivity index (χ1n) is 1.43. The minimum absolute atomic E-state index is 0.736. The van der Waals surface area contributed by atoms with Crippen molar-refractivity contribution in [3.8, 4) is 0 Å². The first-order valence-corrected chi connectivity index (χ1v) is 3.79. The van der Waals surface area contributed by atoms with Gasteiger partial charge >= 0.3 is 0 Å². The second kappa shape index (κ2) is 2.30. The third-order valence-electron chi connectivity index (χ3n) is 0.407. The van der Waals surface area contributed by atoms with E-state index in [4.69, 9.17) is 24.8 Å². The fourth-order valence-electron chi connectivity index (χ4n) is 0.161. The lowest BCUT2D eigenvalue weighted by atomic mass is 10.9. The normalized spacial score (nSPS) is 19.0. The number of rotatable bonds is 0. The van der Waals surface area contributed by atoms with E-state index in [2.05, 4.69) is 3.77 Å². The molecule has 0 saturated heterocycles. The molecule has 0 amide bonds. The van der Waals surface area contributed by atoms with Gasteiger partial charge in [0.25, 0.3) is 0 Å². The van der Waals surface area contributed by atoms with Gasteiger partial charge in [-0.3, -0.25) is 0 Å². The molecule has 0 aromatic rings. The first-order chi connectivity index (χ1) is 3.30. The van der Waals surface area contributed by atoms with Crippen LogP contribution >= 0.6 is 24.2 Å². The first kappa shape index (κ1) is 5.81. The molecular weight excluding hydrogens is 166 g/mol. The smallest absolute Gasteiger partial charge is 0.0838 e. The summed E-state index contributed by atoms with van der Waals surface area (Å²) in [5.41, 5.74) is 0. The van der Waals surface area contributed by atoms with Crippen LogP contribution in [0.3, 0.4) is 0 Å². The fourth-order valence-corrected chi connectivity index (χ4v) is 2.00. The fraction of sp³-hybridized carbons (Fsp3) is 0. The Morgan fingerprint density at radius 3 is 2.57 bits per heavy atom. The summed E-state index contributed by atoms with van der Waals surface area (Å²) in [6.45, 7) is 0. The highest BCUT2D eigenvalue weighted by atomic mass is 32.2. The van der Waals surface area contributed by atoms with Gasteiger partial charge in [-0.15, -0.1) is 0 Å². The van der Waals surface area contributed by atoms with Crippen LogP contribution in [0.2, 0.25) is 0 Å². The SMILES string of the molecule is S=C1SN=S=C1[S-]. The molecule has 0 atom stereocenters. The highest BCUT2D eigenvalue weighted by molar-refractivity contribution is 8.33. The molecule has 0 fully saturated rings. The molecule has 5 heteroatoms. The average molecular weight is 166 g/mol. The third kappa shape index (κ3) is 1.28. The topological polar surface area (TPSA) is 12.4 Å². The van der Waals surface area contributed by atoms with E-state index in [1.54, 1.807) is 0 Å². The average Bonchev–Trinajstić information content (AvgIpc) is 1.91. The van der Waals surface area contributed by atoms with Gasteiger partial charge in [0.2, 0.25) is 0 Å². The van der Waals surface area contributed by atoms with Crippen molar-refractivity contribution in [3.63, 3.8) is 0 Å². The maximum Gasteiger partial charge on any atom is 0.0838 e. The zero-order chi connectivity index (χ0) is 5.28. The standard InChI is InChI=1S/C2HNS4/c4-1-2(5)7-3-6-1/h4H/p-1. The Bertz CT molecular complexity index is 165. The Labute approximate surface area is 60.1 Å². The summed E-state index contributed by atoms with van der Waals surface area (Å²) in [5, 5.41) is 0. The highest BCUT2D eigenvalue weighted by Crippen LogP contribution is 2.10. The minimum atomic E-state index is 0.736. The van der Waals surface area contributed by atoms with E-state index in [0.29, 0.717) is 0 Å². The van der Waals surface area contributed by atoms with E-state index in [1.807, 2.05) is 0 Å². The molecule has 0 aliphatic carbocycles. The van der Waals surface area contributed by atoms with E-state index < -0.39 is 0 Å². The predicted octanol–water partition coefficient (Wildman–Crippen LogP) is 0.919. The number of hydrogen-bond donors (Lipinski definition) is 0. The van der Waals surface area contributed by atoms with E-state index in [9.17, 15) is 0 Å². The summed E-state index contributed by atoms with van der Waals surface area (Å²) in [4.78, 5) is 0. The second-order valence-electron chi connectivity index (χ2n) is 0.832. The molecule has 0 N–H and O–H groups in total. The molecule has 38 valence electrons. The van der Waals surface area contributed by atoms with E-state index in [1.165, 1.54) is 23.1 Å². The number of thiocarbonyl (C=S) groups is 1. The minimum Gasteiger partial charge on any atom is -0.742 e. The molecule has 1 heterocycles. The van der Waals surface area contributed by atoms with Crippen molar-refractivity contribution in [1.29, 1.82) is 0 Å². The van der Waals surface area contributed by atoms with Crippen LogP contribution in [0.5, 0.6) is 0 Å². The molecule has 0 aromatic carbocycles. The van der Waals surface area contributed by atoms with Crippen molar-refractivity contribution >= 4 is 56.3 Å². The molecule has 0 unspecified atom stereocenters. The largest absolute Gasteiger partial charge is 0.742 e. The van der Waals surface area contributed by atoms with Crippen molar-refractivity contribution in [2.24, 2.45) is 3.77 Å². The predicted molar refractivity (Wildman–Crippen MR) is 42.4 cm³/mol.